The van der Waals surface area contributed by atoms with Crippen LogP contribution in [-0.2, 0) is 0 Å². The predicted octanol–water partition coefficient (Wildman–Crippen LogP) is 1.29. The first kappa shape index (κ1) is 11.4. The van der Waals surface area contributed by atoms with E-state index in [9.17, 15) is 0 Å². The number of halogens is 1. The summed E-state index contributed by atoms with van der Waals surface area (Å²) in [7, 11) is 1.52. The van der Waals surface area contributed by atoms with Crippen molar-refractivity contribution in [3.63, 3.8) is 0 Å². The lowest BCUT2D eigenvalue weighted by Crippen LogP contribution is -2.31. The van der Waals surface area contributed by atoms with Gasteiger partial charge < -0.3 is 15.8 Å². The van der Waals surface area contributed by atoms with Crippen LogP contribution < -0.4 is 15.8 Å². The summed E-state index contributed by atoms with van der Waals surface area (Å²) in [5, 5.41) is 3.73. The highest BCUT2D eigenvalue weighted by molar-refractivity contribution is 6.32. The van der Waals surface area contributed by atoms with Crippen molar-refractivity contribution in [1.82, 2.24) is 9.97 Å². The quantitative estimate of drug-likeness (QED) is 0.814. The van der Waals surface area contributed by atoms with Crippen molar-refractivity contribution < 1.29 is 4.74 Å². The number of anilines is 1. The molecular weight excluding hydrogens is 228 g/mol. The highest BCUT2D eigenvalue weighted by Crippen LogP contribution is 2.34. The van der Waals surface area contributed by atoms with Gasteiger partial charge in [0.1, 0.15) is 5.02 Å². The third kappa shape index (κ3) is 2.54. The van der Waals surface area contributed by atoms with Crippen LogP contribution in [0.1, 0.15) is 12.8 Å². The lowest BCUT2D eigenvalue weighted by Gasteiger charge is -2.17. The van der Waals surface area contributed by atoms with Gasteiger partial charge in [0.2, 0.25) is 0 Å². The first-order valence-corrected chi connectivity index (χ1v) is 5.65. The SMILES string of the molecule is COc1ncc(Cl)c(NC(CN)C2CC2)n1. The van der Waals surface area contributed by atoms with E-state index in [0.717, 1.165) is 0 Å². The lowest BCUT2D eigenvalue weighted by atomic mass is 10.2. The zero-order valence-electron chi connectivity index (χ0n) is 9.11. The van der Waals surface area contributed by atoms with Crippen molar-refractivity contribution in [3.8, 4) is 6.01 Å². The Labute approximate surface area is 99.4 Å². The fraction of sp³-hybridized carbons (Fsp3) is 0.600. The van der Waals surface area contributed by atoms with Gasteiger partial charge in [-0.05, 0) is 18.8 Å². The fourth-order valence-electron chi connectivity index (χ4n) is 1.59. The highest BCUT2D eigenvalue weighted by Gasteiger charge is 2.30. The molecule has 6 heteroatoms. The number of nitrogens with one attached hydrogen (secondary N) is 1. The summed E-state index contributed by atoms with van der Waals surface area (Å²) >= 11 is 6.00. The van der Waals surface area contributed by atoms with Crippen molar-refractivity contribution in [3.05, 3.63) is 11.2 Å². The van der Waals surface area contributed by atoms with E-state index in [1.165, 1.54) is 26.1 Å². The predicted molar refractivity (Wildman–Crippen MR) is 62.8 cm³/mol. The summed E-state index contributed by atoms with van der Waals surface area (Å²) in [5.41, 5.74) is 5.70. The van der Waals surface area contributed by atoms with Crippen molar-refractivity contribution in [2.24, 2.45) is 11.7 Å². The van der Waals surface area contributed by atoms with Crippen LogP contribution in [0, 0.1) is 5.92 Å². The number of nitrogens with zero attached hydrogens (tertiary/aromatic N) is 2. The van der Waals surface area contributed by atoms with E-state index in [-0.39, 0.29) is 6.04 Å². The second-order valence-electron chi connectivity index (χ2n) is 3.88. The molecule has 1 fully saturated rings. The Morgan fingerprint density at radius 3 is 3.00 bits per heavy atom. The molecule has 88 valence electrons. The van der Waals surface area contributed by atoms with Crippen molar-refractivity contribution >= 4 is 17.4 Å². The van der Waals surface area contributed by atoms with Crippen LogP contribution >= 0.6 is 11.6 Å². The Bertz CT molecular complexity index is 370. The second kappa shape index (κ2) is 4.84. The number of methoxy groups -OCH3 is 1. The molecule has 0 aromatic carbocycles. The second-order valence-corrected chi connectivity index (χ2v) is 4.28. The number of hydrogen-bond donors (Lipinski definition) is 2. The van der Waals surface area contributed by atoms with E-state index in [4.69, 9.17) is 22.1 Å². The average Bonchev–Trinajstić information content (AvgIpc) is 3.12. The molecule has 2 rings (SSSR count). The van der Waals surface area contributed by atoms with Gasteiger partial charge in [-0.2, -0.15) is 4.98 Å². The fourth-order valence-corrected chi connectivity index (χ4v) is 1.74. The molecule has 1 saturated carbocycles. The molecule has 16 heavy (non-hydrogen) atoms. The van der Waals surface area contributed by atoms with Crippen LogP contribution in [-0.4, -0.2) is 29.7 Å². The van der Waals surface area contributed by atoms with E-state index in [1.54, 1.807) is 0 Å². The minimum absolute atomic E-state index is 0.233. The smallest absolute Gasteiger partial charge is 0.318 e. The molecule has 1 aliphatic carbocycles. The van der Waals surface area contributed by atoms with Crippen LogP contribution in [0.4, 0.5) is 5.82 Å². The van der Waals surface area contributed by atoms with Crippen LogP contribution in [0.3, 0.4) is 0 Å². The molecule has 1 aromatic rings. The van der Waals surface area contributed by atoms with Crippen molar-refractivity contribution in [1.29, 1.82) is 0 Å². The molecule has 0 bridgehead atoms. The van der Waals surface area contributed by atoms with Crippen molar-refractivity contribution in [2.45, 2.75) is 18.9 Å². The largest absolute Gasteiger partial charge is 0.467 e. The van der Waals surface area contributed by atoms with Gasteiger partial charge in [-0.1, -0.05) is 11.6 Å². The molecule has 1 aromatic heterocycles. The molecule has 1 heterocycles. The Kier molecular flexibility index (Phi) is 3.46. The number of aromatic nitrogens is 2. The summed E-state index contributed by atoms with van der Waals surface area (Å²) in [6, 6.07) is 0.538. The van der Waals surface area contributed by atoms with Crippen LogP contribution in [0.2, 0.25) is 5.02 Å². The van der Waals surface area contributed by atoms with Gasteiger partial charge in [-0.25, -0.2) is 4.98 Å². The molecule has 1 unspecified atom stereocenters. The van der Waals surface area contributed by atoms with E-state index in [0.29, 0.717) is 29.3 Å². The minimum Gasteiger partial charge on any atom is -0.467 e. The zero-order chi connectivity index (χ0) is 11.5. The van der Waals surface area contributed by atoms with Gasteiger partial charge in [0.25, 0.3) is 0 Å². The van der Waals surface area contributed by atoms with Gasteiger partial charge in [-0.15, -0.1) is 0 Å². The first-order chi connectivity index (χ1) is 7.74. The molecule has 0 aliphatic heterocycles. The zero-order valence-corrected chi connectivity index (χ0v) is 9.87. The van der Waals surface area contributed by atoms with Gasteiger partial charge in [-0.3, -0.25) is 0 Å². The average molecular weight is 243 g/mol. The Morgan fingerprint density at radius 2 is 2.44 bits per heavy atom. The van der Waals surface area contributed by atoms with Crippen LogP contribution in [0.5, 0.6) is 6.01 Å². The summed E-state index contributed by atoms with van der Waals surface area (Å²) in [6.45, 7) is 0.577. The maximum absolute atomic E-state index is 6.00. The maximum atomic E-state index is 6.00. The summed E-state index contributed by atoms with van der Waals surface area (Å²) in [5.74, 6) is 1.23. The van der Waals surface area contributed by atoms with E-state index in [1.807, 2.05) is 0 Å². The molecule has 0 spiro atoms. The Balaban J connectivity index is 2.11. The van der Waals surface area contributed by atoms with Crippen LogP contribution in [0.15, 0.2) is 6.20 Å². The van der Waals surface area contributed by atoms with E-state index >= 15 is 0 Å². The molecular formula is C10H15ClN4O. The third-order valence-corrected chi connectivity index (χ3v) is 2.95. The number of hydrogen-bond acceptors (Lipinski definition) is 5. The van der Waals surface area contributed by atoms with Gasteiger partial charge in [0.15, 0.2) is 5.82 Å². The van der Waals surface area contributed by atoms with E-state index < -0.39 is 0 Å². The maximum Gasteiger partial charge on any atom is 0.318 e. The topological polar surface area (TPSA) is 73.1 Å². The lowest BCUT2D eigenvalue weighted by molar-refractivity contribution is 0.380. The first-order valence-electron chi connectivity index (χ1n) is 5.27. The third-order valence-electron chi connectivity index (χ3n) is 2.67. The molecule has 3 N–H and O–H groups in total. The Morgan fingerprint density at radius 1 is 1.69 bits per heavy atom. The number of rotatable bonds is 5. The Hall–Kier alpha value is -1.07. The van der Waals surface area contributed by atoms with Gasteiger partial charge in [0, 0.05) is 12.6 Å². The molecule has 5 nitrogen and oxygen atoms in total. The number of nitrogens with two attached hydrogens (primary N) is 1. The number of ether oxygens (including phenoxy) is 1. The highest BCUT2D eigenvalue weighted by atomic mass is 35.5. The molecule has 0 radical (unpaired) electrons. The van der Waals surface area contributed by atoms with Gasteiger partial charge in [0.05, 0.1) is 13.3 Å². The minimum atomic E-state index is 0.233. The van der Waals surface area contributed by atoms with Crippen molar-refractivity contribution in [2.75, 3.05) is 19.0 Å². The molecule has 0 amide bonds. The van der Waals surface area contributed by atoms with Crippen LogP contribution in [0.25, 0.3) is 0 Å². The van der Waals surface area contributed by atoms with E-state index in [2.05, 4.69) is 15.3 Å². The summed E-state index contributed by atoms with van der Waals surface area (Å²) < 4.78 is 4.95. The normalized spacial score (nSPS) is 16.9. The monoisotopic (exact) mass is 242 g/mol. The molecule has 1 atom stereocenters. The molecule has 0 saturated heterocycles. The summed E-state index contributed by atoms with van der Waals surface area (Å²) in [4.78, 5) is 8.07. The standard InChI is InChI=1S/C10H15ClN4O/c1-16-10-13-5-7(11)9(15-10)14-8(4-12)6-2-3-6/h5-6,8H,2-4,12H2,1H3,(H,13,14,15). The molecule has 1 aliphatic rings. The summed E-state index contributed by atoms with van der Waals surface area (Å²) in [6.07, 6.45) is 3.96. The van der Waals surface area contributed by atoms with Gasteiger partial charge >= 0.3 is 6.01 Å².